The van der Waals surface area contributed by atoms with Gasteiger partial charge in [-0.3, -0.25) is 0 Å². The van der Waals surface area contributed by atoms with Gasteiger partial charge in [-0.1, -0.05) is 0 Å². The fourth-order valence-electron chi connectivity index (χ4n) is 0. The first-order chi connectivity index (χ1) is 0. The Bertz CT molecular complexity index is 8.00. The Labute approximate surface area is 82.8 Å². The minimum absolute atomic E-state index is 0. The maximum absolute atomic E-state index is 0. The molecular weight excluding hydrogens is 227 g/mol. The van der Waals surface area contributed by atoms with Crippen LogP contribution in [0.25, 0.3) is 0 Å². The van der Waals surface area contributed by atoms with Gasteiger partial charge in [0.1, 0.15) is 0 Å². The first kappa shape index (κ1) is 30.0. The van der Waals surface area contributed by atoms with Crippen LogP contribution in [0.4, 0.5) is 0 Å². The summed E-state index contributed by atoms with van der Waals surface area (Å²) in [6.07, 6.45) is 0. The van der Waals surface area contributed by atoms with Gasteiger partial charge in [-0.2, -0.15) is 0 Å². The van der Waals surface area contributed by atoms with E-state index >= 15 is 0 Å². The number of hydrogen-bond acceptors (Lipinski definition) is 0. The predicted molar refractivity (Wildman–Crippen MR) is 9.94 cm³/mol. The molecule has 0 aliphatic heterocycles. The zero-order valence-electron chi connectivity index (χ0n) is 1.32. The third-order valence-electron chi connectivity index (χ3n) is 0. The van der Waals surface area contributed by atoms with E-state index in [1.54, 1.807) is 0 Å². The zero-order valence-corrected chi connectivity index (χ0v) is 6.47. The van der Waals surface area contributed by atoms with E-state index in [-0.39, 0.29) is 84.2 Å². The fraction of sp³-hybridized carbons (Fsp3) is 0. The molecule has 0 rings (SSSR count). The standard InChI is InChI=1S/Al.Co.Cr.Y.3H. The number of rotatable bonds is 0. The first-order valence-corrected chi connectivity index (χ1v) is 0. The summed E-state index contributed by atoms with van der Waals surface area (Å²) < 4.78 is 0. The summed E-state index contributed by atoms with van der Waals surface area (Å²) in [5.41, 5.74) is 0. The molecule has 0 N–H and O–H groups in total. The van der Waals surface area contributed by atoms with E-state index in [0.29, 0.717) is 0 Å². The topological polar surface area (TPSA) is 0 Å². The predicted octanol–water partition coefficient (Wildman–Crippen LogP) is -1.19. The van der Waals surface area contributed by atoms with Gasteiger partial charge in [0.05, 0.1) is 0 Å². The third-order valence-corrected chi connectivity index (χ3v) is 0. The molecule has 0 fully saturated rings. The molecule has 0 aromatic heterocycles. The molecule has 0 heterocycles. The van der Waals surface area contributed by atoms with Gasteiger partial charge in [0.15, 0.2) is 17.4 Å². The van der Waals surface area contributed by atoms with E-state index in [9.17, 15) is 0 Å². The van der Waals surface area contributed by atoms with E-state index in [4.69, 9.17) is 0 Å². The van der Waals surface area contributed by atoms with Crippen LogP contribution in [0.5, 0.6) is 0 Å². The Morgan fingerprint density at radius 2 is 1.00 bits per heavy atom. The fourth-order valence-corrected chi connectivity index (χ4v) is 0. The van der Waals surface area contributed by atoms with Crippen LogP contribution in [-0.2, 0) is 66.8 Å². The van der Waals surface area contributed by atoms with Crippen LogP contribution in [0.1, 0.15) is 0 Å². The van der Waals surface area contributed by atoms with Gasteiger partial charge in [0, 0.05) is 66.8 Å². The monoisotopic (exact) mass is 230 g/mol. The summed E-state index contributed by atoms with van der Waals surface area (Å²) in [4.78, 5) is 0. The Morgan fingerprint density at radius 3 is 1.00 bits per heavy atom. The normalized spacial score (nSPS) is 0. The van der Waals surface area contributed by atoms with Gasteiger partial charge in [0.2, 0.25) is 0 Å². The molecule has 24 valence electrons. The Balaban J connectivity index is 0. The van der Waals surface area contributed by atoms with Crippen LogP contribution >= 0.6 is 0 Å². The third kappa shape index (κ3) is 8.82. The van der Waals surface area contributed by atoms with Gasteiger partial charge in [-0.15, -0.1) is 0 Å². The molecule has 0 saturated carbocycles. The molecule has 4 heavy (non-hydrogen) atoms. The van der Waals surface area contributed by atoms with Gasteiger partial charge < -0.3 is 0 Å². The Morgan fingerprint density at radius 1 is 1.00 bits per heavy atom. The van der Waals surface area contributed by atoms with Crippen LogP contribution in [0, 0.1) is 0 Å². The van der Waals surface area contributed by atoms with Gasteiger partial charge in [-0.05, 0) is 0 Å². The van der Waals surface area contributed by atoms with Crippen LogP contribution in [0.2, 0.25) is 0 Å². The summed E-state index contributed by atoms with van der Waals surface area (Å²) in [7, 11) is 0. The van der Waals surface area contributed by atoms with Gasteiger partial charge >= 0.3 is 0 Å². The summed E-state index contributed by atoms with van der Waals surface area (Å²) in [6.45, 7) is 0. The molecule has 0 aliphatic carbocycles. The molecule has 0 amide bonds. The molecule has 0 spiro atoms. The molecule has 0 bridgehead atoms. The van der Waals surface area contributed by atoms with Crippen molar-refractivity contribution in [2.45, 2.75) is 0 Å². The summed E-state index contributed by atoms with van der Waals surface area (Å²) in [5.74, 6) is 0. The quantitative estimate of drug-likeness (QED) is 0.459. The van der Waals surface area contributed by atoms with Crippen LogP contribution in [-0.4, -0.2) is 17.4 Å². The second kappa shape index (κ2) is 17.3. The van der Waals surface area contributed by atoms with E-state index in [2.05, 4.69) is 0 Å². The Hall–Kier alpha value is 2.68. The van der Waals surface area contributed by atoms with Crippen molar-refractivity contribution in [2.24, 2.45) is 0 Å². The molecule has 0 atom stereocenters. The maximum Gasteiger partial charge on any atom is 0.187 e. The summed E-state index contributed by atoms with van der Waals surface area (Å²) in [6, 6.07) is 0. The average Bonchev–Trinajstić information content (AvgIpc) is 0. The average molecular weight is 230 g/mol. The van der Waals surface area contributed by atoms with Crippen LogP contribution < -0.4 is 0 Å². The number of hydrogen-bond donors (Lipinski definition) is 0. The molecular formula is H3AlCoCrY. The van der Waals surface area contributed by atoms with E-state index < -0.39 is 0 Å². The SMILES string of the molecule is [AlH3].[Co].[Cr].[Y]. The van der Waals surface area contributed by atoms with Crippen molar-refractivity contribution in [3.63, 3.8) is 0 Å². The van der Waals surface area contributed by atoms with Crippen molar-refractivity contribution in [1.29, 1.82) is 0 Å². The van der Waals surface area contributed by atoms with Crippen molar-refractivity contribution in [3.05, 3.63) is 0 Å². The van der Waals surface area contributed by atoms with E-state index in [1.165, 1.54) is 0 Å². The van der Waals surface area contributed by atoms with E-state index in [1.807, 2.05) is 0 Å². The second-order valence-corrected chi connectivity index (χ2v) is 0. The summed E-state index contributed by atoms with van der Waals surface area (Å²) in [5, 5.41) is 0. The maximum atomic E-state index is 0. The summed E-state index contributed by atoms with van der Waals surface area (Å²) >= 11 is 0. The second-order valence-electron chi connectivity index (χ2n) is 0. The molecule has 2 radical (unpaired) electrons. The largest absolute Gasteiger partial charge is 0.187 e. The smallest absolute Gasteiger partial charge is 0 e. The van der Waals surface area contributed by atoms with Crippen LogP contribution in [0.3, 0.4) is 0 Å². The first-order valence-electron chi connectivity index (χ1n) is 0. The molecule has 0 aliphatic rings. The van der Waals surface area contributed by atoms with Crippen molar-refractivity contribution < 1.29 is 66.8 Å². The minimum atomic E-state index is 0. The van der Waals surface area contributed by atoms with Crippen molar-refractivity contribution in [2.75, 3.05) is 0 Å². The molecule has 0 saturated heterocycles. The van der Waals surface area contributed by atoms with Crippen molar-refractivity contribution in [3.8, 4) is 0 Å². The van der Waals surface area contributed by atoms with E-state index in [0.717, 1.165) is 0 Å². The van der Waals surface area contributed by atoms with Crippen molar-refractivity contribution >= 4 is 17.4 Å². The molecule has 0 unspecified atom stereocenters. The van der Waals surface area contributed by atoms with Gasteiger partial charge in [-0.25, -0.2) is 0 Å². The molecule has 0 aromatic rings. The van der Waals surface area contributed by atoms with Crippen LogP contribution in [0.15, 0.2) is 0 Å². The molecule has 0 aromatic carbocycles. The zero-order chi connectivity index (χ0) is 0. The molecule has 4 heteroatoms. The van der Waals surface area contributed by atoms with Gasteiger partial charge in [0.25, 0.3) is 0 Å². The molecule has 0 nitrogen and oxygen atoms in total. The minimum Gasteiger partial charge on any atom is 0 e. The van der Waals surface area contributed by atoms with Crippen molar-refractivity contribution in [1.82, 2.24) is 0 Å². The Kier molecular flexibility index (Phi) is 130.